The van der Waals surface area contributed by atoms with E-state index in [4.69, 9.17) is 11.1 Å². The Morgan fingerprint density at radius 1 is 1.20 bits per heavy atom. The fraction of sp³-hybridized carbons (Fsp3) is 0.200. The van der Waals surface area contributed by atoms with Crippen molar-refractivity contribution in [3.63, 3.8) is 0 Å². The Bertz CT molecular complexity index is 730. The highest BCUT2D eigenvalue weighted by molar-refractivity contribution is 5.94. The van der Waals surface area contributed by atoms with Crippen LogP contribution < -0.4 is 11.3 Å². The summed E-state index contributed by atoms with van der Waals surface area (Å²) >= 11 is 0. The summed E-state index contributed by atoms with van der Waals surface area (Å²) in [6, 6.07) is 9.52. The topological polar surface area (TPSA) is 71.9 Å². The van der Waals surface area contributed by atoms with Gasteiger partial charge in [0.1, 0.15) is 11.7 Å². The van der Waals surface area contributed by atoms with Gasteiger partial charge < -0.3 is 10.3 Å². The zero-order valence-corrected chi connectivity index (χ0v) is 10.8. The minimum absolute atomic E-state index is 0.154. The fourth-order valence-corrected chi connectivity index (χ4v) is 2.31. The lowest BCUT2D eigenvalue weighted by atomic mass is 10.1. The Hall–Kier alpha value is -2.43. The summed E-state index contributed by atoms with van der Waals surface area (Å²) < 4.78 is 14.7. The van der Waals surface area contributed by atoms with E-state index in [1.807, 2.05) is 0 Å². The third kappa shape index (κ3) is 2.11. The van der Waals surface area contributed by atoms with E-state index >= 15 is 0 Å². The lowest BCUT2D eigenvalue weighted by Gasteiger charge is -2.14. The van der Waals surface area contributed by atoms with E-state index in [2.05, 4.69) is 0 Å². The molecule has 1 heterocycles. The van der Waals surface area contributed by atoms with Crippen molar-refractivity contribution in [2.45, 2.75) is 18.9 Å². The molecule has 3 rings (SSSR count). The van der Waals surface area contributed by atoms with E-state index in [-0.39, 0.29) is 28.8 Å². The molecule has 0 saturated heterocycles. The lowest BCUT2D eigenvalue weighted by molar-refractivity contribution is 0.628. The van der Waals surface area contributed by atoms with Gasteiger partial charge in [0.2, 0.25) is 0 Å². The summed E-state index contributed by atoms with van der Waals surface area (Å²) in [4.78, 5) is 12.4. The zero-order valence-electron chi connectivity index (χ0n) is 10.8. The smallest absolute Gasteiger partial charge is 0.262 e. The van der Waals surface area contributed by atoms with Gasteiger partial charge in [0.05, 0.1) is 11.3 Å². The second kappa shape index (κ2) is 4.59. The van der Waals surface area contributed by atoms with E-state index in [9.17, 15) is 9.18 Å². The third-order valence-electron chi connectivity index (χ3n) is 3.46. The molecule has 0 radical (unpaired) electrons. The second-order valence-corrected chi connectivity index (χ2v) is 4.96. The number of rotatable bonds is 3. The van der Waals surface area contributed by atoms with Crippen LogP contribution in [0.2, 0.25) is 0 Å². The van der Waals surface area contributed by atoms with Crippen molar-refractivity contribution in [1.29, 1.82) is 5.41 Å². The molecule has 0 amide bonds. The van der Waals surface area contributed by atoms with Crippen LogP contribution >= 0.6 is 0 Å². The molecule has 1 aliphatic rings. The molecule has 1 aromatic carbocycles. The number of aromatic nitrogens is 1. The van der Waals surface area contributed by atoms with E-state index in [0.717, 1.165) is 24.1 Å². The molecule has 0 unspecified atom stereocenters. The molecule has 1 aromatic heterocycles. The molecule has 5 heteroatoms. The molecule has 3 N–H and O–H groups in total. The standard InChI is InChI=1S/C15H14FN3O/c16-10-3-1-9(2-4-10)13-8-7-12(14(17)18)15(20)19(13)11-5-6-11/h1-4,7-8,11H,5-6H2,(H3,17,18). The Balaban J connectivity index is 2.21. The molecule has 0 aliphatic heterocycles. The molecular weight excluding hydrogens is 257 g/mol. The van der Waals surface area contributed by atoms with Crippen molar-refractivity contribution in [3.8, 4) is 11.3 Å². The van der Waals surface area contributed by atoms with E-state index in [0.29, 0.717) is 0 Å². The van der Waals surface area contributed by atoms with Gasteiger partial charge in [0, 0.05) is 6.04 Å². The first-order valence-electron chi connectivity index (χ1n) is 6.44. The second-order valence-electron chi connectivity index (χ2n) is 4.96. The van der Waals surface area contributed by atoms with Crippen molar-refractivity contribution in [2.75, 3.05) is 0 Å². The molecule has 1 aliphatic carbocycles. The minimum Gasteiger partial charge on any atom is -0.384 e. The number of nitrogens with zero attached hydrogens (tertiary/aromatic N) is 1. The SMILES string of the molecule is N=C(N)c1ccc(-c2ccc(F)cc2)n(C2CC2)c1=O. The van der Waals surface area contributed by atoms with E-state index in [1.54, 1.807) is 28.8 Å². The molecule has 20 heavy (non-hydrogen) atoms. The highest BCUT2D eigenvalue weighted by atomic mass is 19.1. The normalized spacial score (nSPS) is 14.2. The first kappa shape index (κ1) is 12.6. The van der Waals surface area contributed by atoms with Gasteiger partial charge in [-0.2, -0.15) is 0 Å². The van der Waals surface area contributed by atoms with E-state index < -0.39 is 0 Å². The van der Waals surface area contributed by atoms with Crippen LogP contribution in [-0.4, -0.2) is 10.4 Å². The maximum atomic E-state index is 13.0. The lowest BCUT2D eigenvalue weighted by Crippen LogP contribution is -2.30. The molecule has 0 spiro atoms. The van der Waals surface area contributed by atoms with Crippen molar-refractivity contribution in [1.82, 2.24) is 4.57 Å². The maximum absolute atomic E-state index is 13.0. The van der Waals surface area contributed by atoms with E-state index in [1.165, 1.54) is 12.1 Å². The van der Waals surface area contributed by atoms with Gasteiger partial charge in [0.15, 0.2) is 0 Å². The number of amidine groups is 1. The summed E-state index contributed by atoms with van der Waals surface area (Å²) in [6.07, 6.45) is 1.88. The minimum atomic E-state index is -0.311. The third-order valence-corrected chi connectivity index (χ3v) is 3.46. The highest BCUT2D eigenvalue weighted by Gasteiger charge is 2.28. The van der Waals surface area contributed by atoms with Gasteiger partial charge in [-0.05, 0) is 54.8 Å². The quantitative estimate of drug-likeness (QED) is 0.664. The average molecular weight is 271 g/mol. The van der Waals surface area contributed by atoms with Crippen LogP contribution in [0.5, 0.6) is 0 Å². The predicted molar refractivity (Wildman–Crippen MR) is 75.4 cm³/mol. The number of pyridine rings is 1. The Kier molecular flexibility index (Phi) is 2.89. The molecule has 0 atom stereocenters. The van der Waals surface area contributed by atoms with Crippen molar-refractivity contribution < 1.29 is 4.39 Å². The number of nitrogen functional groups attached to an aromatic ring is 1. The molecular formula is C15H14FN3O. The summed E-state index contributed by atoms with van der Waals surface area (Å²) in [5, 5.41) is 7.45. The Morgan fingerprint density at radius 2 is 1.85 bits per heavy atom. The molecule has 1 saturated carbocycles. The Labute approximate surface area is 115 Å². The molecule has 2 aromatic rings. The zero-order chi connectivity index (χ0) is 14.3. The van der Waals surface area contributed by atoms with Gasteiger partial charge in [-0.3, -0.25) is 10.2 Å². The molecule has 1 fully saturated rings. The van der Waals surface area contributed by atoms with Crippen LogP contribution in [0.25, 0.3) is 11.3 Å². The summed E-state index contributed by atoms with van der Waals surface area (Å²) in [6.45, 7) is 0. The molecule has 0 bridgehead atoms. The maximum Gasteiger partial charge on any atom is 0.262 e. The van der Waals surface area contributed by atoms with Crippen molar-refractivity contribution >= 4 is 5.84 Å². The van der Waals surface area contributed by atoms with Crippen molar-refractivity contribution in [2.24, 2.45) is 5.73 Å². The fourth-order valence-electron chi connectivity index (χ4n) is 2.31. The van der Waals surface area contributed by atoms with Gasteiger partial charge in [-0.15, -0.1) is 0 Å². The monoisotopic (exact) mass is 271 g/mol. The number of hydrogen-bond donors (Lipinski definition) is 2. The first-order valence-corrected chi connectivity index (χ1v) is 6.44. The molecule has 102 valence electrons. The highest BCUT2D eigenvalue weighted by Crippen LogP contribution is 2.37. The van der Waals surface area contributed by atoms with Gasteiger partial charge in [-0.1, -0.05) is 0 Å². The first-order chi connectivity index (χ1) is 9.58. The predicted octanol–water partition coefficient (Wildman–Crippen LogP) is 2.27. The number of hydrogen-bond acceptors (Lipinski definition) is 2. The van der Waals surface area contributed by atoms with Crippen LogP contribution in [0.15, 0.2) is 41.2 Å². The Morgan fingerprint density at radius 3 is 2.40 bits per heavy atom. The summed E-state index contributed by atoms with van der Waals surface area (Å²) in [5.74, 6) is -0.538. The average Bonchev–Trinajstić information content (AvgIpc) is 3.23. The van der Waals surface area contributed by atoms with Gasteiger partial charge >= 0.3 is 0 Å². The van der Waals surface area contributed by atoms with Crippen LogP contribution in [0.4, 0.5) is 4.39 Å². The van der Waals surface area contributed by atoms with Gasteiger partial charge in [-0.25, -0.2) is 4.39 Å². The largest absolute Gasteiger partial charge is 0.384 e. The van der Waals surface area contributed by atoms with Gasteiger partial charge in [0.25, 0.3) is 5.56 Å². The van der Waals surface area contributed by atoms with Crippen LogP contribution in [0.1, 0.15) is 24.4 Å². The summed E-state index contributed by atoms with van der Waals surface area (Å²) in [7, 11) is 0. The number of nitrogens with one attached hydrogen (secondary N) is 1. The van der Waals surface area contributed by atoms with Crippen LogP contribution in [0, 0.1) is 11.2 Å². The summed E-state index contributed by atoms with van der Waals surface area (Å²) in [5.41, 5.74) is 6.92. The number of benzene rings is 1. The number of halogens is 1. The van der Waals surface area contributed by atoms with Crippen molar-refractivity contribution in [3.05, 3.63) is 58.1 Å². The number of nitrogens with two attached hydrogens (primary N) is 1. The van der Waals surface area contributed by atoms with Crippen LogP contribution in [0.3, 0.4) is 0 Å². The molecule has 4 nitrogen and oxygen atoms in total. The van der Waals surface area contributed by atoms with Crippen LogP contribution in [-0.2, 0) is 0 Å².